The van der Waals surface area contributed by atoms with Crippen LogP contribution in [-0.4, -0.2) is 32.0 Å². The summed E-state index contributed by atoms with van der Waals surface area (Å²) in [5.41, 5.74) is 0.462. The number of hydrogen-bond donors (Lipinski definition) is 1. The Morgan fingerprint density at radius 3 is 2.37 bits per heavy atom. The Balaban J connectivity index is 2.64. The van der Waals surface area contributed by atoms with Crippen LogP contribution in [0.1, 0.15) is 30.1 Å². The summed E-state index contributed by atoms with van der Waals surface area (Å²) in [6.45, 7) is 2.64. The standard InChI is InChI=1S/C13H18BrNO3S/c1-3-4-11(14)9-15-13(16)10-5-7-12(8-6-10)19(2,17)18/h5-8,11H,3-4,9H2,1-2H3,(H,15,16). The van der Waals surface area contributed by atoms with Crippen molar-refractivity contribution in [3.63, 3.8) is 0 Å². The minimum atomic E-state index is -3.22. The highest BCUT2D eigenvalue weighted by molar-refractivity contribution is 9.09. The van der Waals surface area contributed by atoms with Crippen LogP contribution in [0.4, 0.5) is 0 Å². The van der Waals surface area contributed by atoms with E-state index in [2.05, 4.69) is 28.2 Å². The highest BCUT2D eigenvalue weighted by Crippen LogP contribution is 2.11. The predicted octanol–water partition coefficient (Wildman–Crippen LogP) is 2.38. The van der Waals surface area contributed by atoms with Gasteiger partial charge in [-0.15, -0.1) is 0 Å². The van der Waals surface area contributed by atoms with E-state index < -0.39 is 9.84 Å². The van der Waals surface area contributed by atoms with Gasteiger partial charge in [-0.1, -0.05) is 29.3 Å². The van der Waals surface area contributed by atoms with E-state index in [1.165, 1.54) is 24.3 Å². The molecule has 0 aliphatic heterocycles. The average Bonchev–Trinajstić information content (AvgIpc) is 2.35. The SMILES string of the molecule is CCCC(Br)CNC(=O)c1ccc(S(C)(=O)=O)cc1. The second-order valence-electron chi connectivity index (χ2n) is 4.39. The summed E-state index contributed by atoms with van der Waals surface area (Å²) in [6, 6.07) is 5.94. The van der Waals surface area contributed by atoms with Crippen LogP contribution in [0.25, 0.3) is 0 Å². The Bertz CT molecular complexity index is 525. The van der Waals surface area contributed by atoms with Gasteiger partial charge in [0.1, 0.15) is 0 Å². The predicted molar refractivity (Wildman–Crippen MR) is 79.5 cm³/mol. The van der Waals surface area contributed by atoms with Crippen LogP contribution < -0.4 is 5.32 Å². The number of carbonyl (C=O) groups excluding carboxylic acids is 1. The summed E-state index contributed by atoms with van der Waals surface area (Å²) >= 11 is 3.48. The molecule has 0 spiro atoms. The summed E-state index contributed by atoms with van der Waals surface area (Å²) in [6.07, 6.45) is 3.18. The van der Waals surface area contributed by atoms with E-state index in [9.17, 15) is 13.2 Å². The van der Waals surface area contributed by atoms with Crippen LogP contribution >= 0.6 is 15.9 Å². The van der Waals surface area contributed by atoms with Crippen LogP contribution in [-0.2, 0) is 9.84 Å². The molecule has 0 aliphatic carbocycles. The van der Waals surface area contributed by atoms with Crippen LogP contribution in [0.3, 0.4) is 0 Å². The van der Waals surface area contributed by atoms with Gasteiger partial charge in [-0.05, 0) is 30.7 Å². The first kappa shape index (κ1) is 16.2. The second kappa shape index (κ2) is 7.05. The number of halogens is 1. The first-order chi connectivity index (χ1) is 8.84. The van der Waals surface area contributed by atoms with Crippen molar-refractivity contribution in [2.24, 2.45) is 0 Å². The molecule has 1 atom stereocenters. The van der Waals surface area contributed by atoms with Crippen molar-refractivity contribution in [1.29, 1.82) is 0 Å². The van der Waals surface area contributed by atoms with E-state index in [1.807, 2.05) is 0 Å². The molecule has 1 unspecified atom stereocenters. The van der Waals surface area contributed by atoms with Crippen molar-refractivity contribution in [2.45, 2.75) is 29.5 Å². The number of amides is 1. The van der Waals surface area contributed by atoms with Crippen molar-refractivity contribution < 1.29 is 13.2 Å². The van der Waals surface area contributed by atoms with E-state index in [-0.39, 0.29) is 15.6 Å². The molecule has 0 aliphatic rings. The Morgan fingerprint density at radius 1 is 1.32 bits per heavy atom. The van der Waals surface area contributed by atoms with Crippen LogP contribution in [0.5, 0.6) is 0 Å². The Labute approximate surface area is 122 Å². The van der Waals surface area contributed by atoms with Gasteiger partial charge in [0.25, 0.3) is 5.91 Å². The Kier molecular flexibility index (Phi) is 6.00. The van der Waals surface area contributed by atoms with E-state index in [0.717, 1.165) is 19.1 Å². The van der Waals surface area contributed by atoms with E-state index in [4.69, 9.17) is 0 Å². The average molecular weight is 348 g/mol. The van der Waals surface area contributed by atoms with Crippen LogP contribution in [0.15, 0.2) is 29.2 Å². The number of alkyl halides is 1. The zero-order valence-corrected chi connectivity index (χ0v) is 13.4. The lowest BCUT2D eigenvalue weighted by atomic mass is 10.2. The number of hydrogen-bond acceptors (Lipinski definition) is 3. The van der Waals surface area contributed by atoms with Gasteiger partial charge in [0.15, 0.2) is 9.84 Å². The molecule has 1 N–H and O–H groups in total. The lowest BCUT2D eigenvalue weighted by Gasteiger charge is -2.10. The normalized spacial score (nSPS) is 13.0. The summed E-state index contributed by atoms with van der Waals surface area (Å²) < 4.78 is 22.6. The fourth-order valence-corrected chi connectivity index (χ4v) is 2.82. The van der Waals surface area contributed by atoms with Gasteiger partial charge in [-0.2, -0.15) is 0 Å². The second-order valence-corrected chi connectivity index (χ2v) is 7.70. The molecule has 0 radical (unpaired) electrons. The van der Waals surface area contributed by atoms with Crippen molar-refractivity contribution in [3.05, 3.63) is 29.8 Å². The molecule has 0 bridgehead atoms. The van der Waals surface area contributed by atoms with Crippen LogP contribution in [0, 0.1) is 0 Å². The van der Waals surface area contributed by atoms with E-state index in [1.54, 1.807) is 0 Å². The van der Waals surface area contributed by atoms with Gasteiger partial charge in [0, 0.05) is 23.2 Å². The lowest BCUT2D eigenvalue weighted by Crippen LogP contribution is -2.29. The fourth-order valence-electron chi connectivity index (χ4n) is 1.57. The molecule has 0 saturated carbocycles. The maximum absolute atomic E-state index is 11.8. The third-order valence-electron chi connectivity index (χ3n) is 2.63. The number of benzene rings is 1. The molecule has 1 rings (SSSR count). The van der Waals surface area contributed by atoms with Gasteiger partial charge in [-0.25, -0.2) is 8.42 Å². The minimum Gasteiger partial charge on any atom is -0.351 e. The number of rotatable bonds is 6. The molecule has 19 heavy (non-hydrogen) atoms. The summed E-state index contributed by atoms with van der Waals surface area (Å²) in [5, 5.41) is 2.81. The minimum absolute atomic E-state index is 0.194. The third-order valence-corrected chi connectivity index (χ3v) is 4.54. The fraction of sp³-hybridized carbons (Fsp3) is 0.462. The zero-order chi connectivity index (χ0) is 14.5. The van der Waals surface area contributed by atoms with Gasteiger partial charge >= 0.3 is 0 Å². The van der Waals surface area contributed by atoms with Gasteiger partial charge in [0.2, 0.25) is 0 Å². The first-order valence-corrected chi connectivity index (χ1v) is 8.87. The summed E-state index contributed by atoms with van der Waals surface area (Å²) in [4.78, 5) is 12.3. The molecule has 1 aromatic rings. The van der Waals surface area contributed by atoms with Gasteiger partial charge in [-0.3, -0.25) is 4.79 Å². The highest BCUT2D eigenvalue weighted by atomic mass is 79.9. The Hall–Kier alpha value is -0.880. The summed E-state index contributed by atoms with van der Waals surface area (Å²) in [5.74, 6) is -0.194. The van der Waals surface area contributed by atoms with Crippen molar-refractivity contribution >= 4 is 31.7 Å². The van der Waals surface area contributed by atoms with E-state index >= 15 is 0 Å². The summed E-state index contributed by atoms with van der Waals surface area (Å²) in [7, 11) is -3.22. The quantitative estimate of drug-likeness (QED) is 0.803. The van der Waals surface area contributed by atoms with Crippen molar-refractivity contribution in [3.8, 4) is 0 Å². The molecule has 0 heterocycles. The topological polar surface area (TPSA) is 63.2 Å². The molecule has 0 fully saturated rings. The largest absolute Gasteiger partial charge is 0.351 e. The maximum Gasteiger partial charge on any atom is 0.251 e. The molecule has 6 heteroatoms. The van der Waals surface area contributed by atoms with Crippen molar-refractivity contribution in [2.75, 3.05) is 12.8 Å². The number of nitrogens with one attached hydrogen (secondary N) is 1. The highest BCUT2D eigenvalue weighted by Gasteiger charge is 2.11. The van der Waals surface area contributed by atoms with E-state index in [0.29, 0.717) is 12.1 Å². The van der Waals surface area contributed by atoms with Gasteiger partial charge < -0.3 is 5.32 Å². The molecule has 0 saturated heterocycles. The third kappa shape index (κ3) is 5.32. The Morgan fingerprint density at radius 2 is 1.89 bits per heavy atom. The maximum atomic E-state index is 11.8. The lowest BCUT2D eigenvalue weighted by molar-refractivity contribution is 0.0953. The molecule has 1 aromatic carbocycles. The molecular formula is C13H18BrNO3S. The molecule has 4 nitrogen and oxygen atoms in total. The smallest absolute Gasteiger partial charge is 0.251 e. The zero-order valence-electron chi connectivity index (χ0n) is 11.0. The van der Waals surface area contributed by atoms with Crippen molar-refractivity contribution in [1.82, 2.24) is 5.32 Å². The number of carbonyl (C=O) groups is 1. The monoisotopic (exact) mass is 347 g/mol. The van der Waals surface area contributed by atoms with Gasteiger partial charge in [0.05, 0.1) is 4.90 Å². The molecule has 0 aromatic heterocycles. The first-order valence-electron chi connectivity index (χ1n) is 6.07. The molecule has 106 valence electrons. The molecule has 1 amide bonds. The molecular weight excluding hydrogens is 330 g/mol. The van der Waals surface area contributed by atoms with Crippen LogP contribution in [0.2, 0.25) is 0 Å². The number of sulfone groups is 1.